The van der Waals surface area contributed by atoms with E-state index in [0.29, 0.717) is 5.25 Å². The predicted octanol–water partition coefficient (Wildman–Crippen LogP) is 2.33. The summed E-state index contributed by atoms with van der Waals surface area (Å²) >= 11 is 2.00. The van der Waals surface area contributed by atoms with Crippen molar-refractivity contribution in [1.82, 2.24) is 5.32 Å². The van der Waals surface area contributed by atoms with Crippen LogP contribution in [-0.4, -0.2) is 12.4 Å². The fraction of sp³-hybridized carbons (Fsp3) is 0.400. The number of hydrogen-bond acceptors (Lipinski definition) is 2. The number of benzene rings is 1. The van der Waals surface area contributed by atoms with Crippen LogP contribution in [0.2, 0.25) is 0 Å². The minimum Gasteiger partial charge on any atom is -0.306 e. The van der Waals surface area contributed by atoms with Crippen molar-refractivity contribution in [2.75, 3.05) is 12.4 Å². The molecule has 0 amide bonds. The van der Waals surface area contributed by atoms with Crippen LogP contribution in [0.5, 0.6) is 0 Å². The van der Waals surface area contributed by atoms with Gasteiger partial charge in [0.05, 0.1) is 0 Å². The van der Waals surface area contributed by atoms with Crippen LogP contribution in [0.4, 0.5) is 0 Å². The maximum absolute atomic E-state index is 3.36. The molecule has 12 heavy (non-hydrogen) atoms. The highest BCUT2D eigenvalue weighted by Crippen LogP contribution is 2.32. The fourth-order valence-corrected chi connectivity index (χ4v) is 2.67. The summed E-state index contributed by atoms with van der Waals surface area (Å²) in [4.78, 5) is 0. The van der Waals surface area contributed by atoms with Crippen LogP contribution in [0.1, 0.15) is 16.4 Å². The molecule has 0 saturated carbocycles. The van der Waals surface area contributed by atoms with Crippen molar-refractivity contribution in [3.8, 4) is 0 Å². The molecule has 1 nitrogen and oxygen atoms in total. The van der Waals surface area contributed by atoms with E-state index in [1.807, 2.05) is 11.8 Å². The van der Waals surface area contributed by atoms with Gasteiger partial charge in [-0.25, -0.2) is 0 Å². The summed E-state index contributed by atoms with van der Waals surface area (Å²) in [5.41, 5.74) is 2.91. The molecule has 0 aliphatic carbocycles. The maximum Gasteiger partial charge on any atom is 0.0437 e. The summed E-state index contributed by atoms with van der Waals surface area (Å²) < 4.78 is 0. The Morgan fingerprint density at radius 2 is 2.25 bits per heavy atom. The summed E-state index contributed by atoms with van der Waals surface area (Å²) in [6, 6.07) is 8.65. The minimum absolute atomic E-state index is 0.672. The zero-order valence-corrected chi connectivity index (χ0v) is 8.03. The first-order valence-electron chi connectivity index (χ1n) is 4.26. The van der Waals surface area contributed by atoms with Crippen LogP contribution in [-0.2, 0) is 0 Å². The van der Waals surface area contributed by atoms with Crippen molar-refractivity contribution < 1.29 is 0 Å². The minimum atomic E-state index is 0.672. The zero-order chi connectivity index (χ0) is 8.39. The van der Waals surface area contributed by atoms with Gasteiger partial charge in [-0.15, -0.1) is 11.8 Å². The number of nitrogens with one attached hydrogen (secondary N) is 1. The van der Waals surface area contributed by atoms with Crippen molar-refractivity contribution in [3.05, 3.63) is 35.4 Å². The first-order chi connectivity index (χ1) is 5.88. The van der Waals surface area contributed by atoms with E-state index in [4.69, 9.17) is 0 Å². The van der Waals surface area contributed by atoms with Crippen LogP contribution in [0, 0.1) is 6.92 Å². The molecular weight excluding hydrogens is 166 g/mol. The molecule has 1 atom stereocenters. The van der Waals surface area contributed by atoms with Crippen LogP contribution in [0.25, 0.3) is 0 Å². The molecule has 1 N–H and O–H groups in total. The van der Waals surface area contributed by atoms with Gasteiger partial charge in [0.1, 0.15) is 0 Å². The smallest absolute Gasteiger partial charge is 0.0437 e. The maximum atomic E-state index is 3.36. The molecule has 2 heteroatoms. The molecule has 2 rings (SSSR count). The topological polar surface area (TPSA) is 12.0 Å². The van der Waals surface area contributed by atoms with Gasteiger partial charge in [0.2, 0.25) is 0 Å². The van der Waals surface area contributed by atoms with Gasteiger partial charge < -0.3 is 5.32 Å². The Balaban J connectivity index is 2.26. The van der Waals surface area contributed by atoms with E-state index in [-0.39, 0.29) is 0 Å². The SMILES string of the molecule is Cc1ccccc1C1CNCS1. The van der Waals surface area contributed by atoms with E-state index < -0.39 is 0 Å². The van der Waals surface area contributed by atoms with Crippen molar-refractivity contribution in [2.45, 2.75) is 12.2 Å². The van der Waals surface area contributed by atoms with Crippen molar-refractivity contribution in [1.29, 1.82) is 0 Å². The first-order valence-corrected chi connectivity index (χ1v) is 5.30. The lowest BCUT2D eigenvalue weighted by Crippen LogP contribution is -2.08. The van der Waals surface area contributed by atoms with Gasteiger partial charge in [0.25, 0.3) is 0 Å². The Kier molecular flexibility index (Phi) is 2.38. The summed E-state index contributed by atoms with van der Waals surface area (Å²) in [5, 5.41) is 4.03. The highest BCUT2D eigenvalue weighted by Gasteiger charge is 2.17. The van der Waals surface area contributed by atoms with Crippen molar-refractivity contribution in [2.24, 2.45) is 0 Å². The standard InChI is InChI=1S/C10H13NS/c1-8-4-2-3-5-9(8)10-6-11-7-12-10/h2-5,10-11H,6-7H2,1H3. The normalized spacial score (nSPS) is 22.9. The van der Waals surface area contributed by atoms with Gasteiger partial charge in [-0.2, -0.15) is 0 Å². The molecular formula is C10H13NS. The quantitative estimate of drug-likeness (QED) is 0.710. The Morgan fingerprint density at radius 3 is 2.92 bits per heavy atom. The van der Waals surface area contributed by atoms with Crippen LogP contribution in [0.3, 0.4) is 0 Å². The van der Waals surface area contributed by atoms with E-state index >= 15 is 0 Å². The van der Waals surface area contributed by atoms with Gasteiger partial charge in [-0.05, 0) is 18.1 Å². The molecule has 1 aliphatic heterocycles. The Labute approximate surface area is 77.6 Å². The molecule has 0 spiro atoms. The molecule has 1 aliphatic rings. The van der Waals surface area contributed by atoms with Gasteiger partial charge in [-0.3, -0.25) is 0 Å². The third-order valence-corrected chi connectivity index (χ3v) is 3.45. The van der Waals surface area contributed by atoms with Gasteiger partial charge in [0, 0.05) is 17.7 Å². The third kappa shape index (κ3) is 1.50. The van der Waals surface area contributed by atoms with Crippen LogP contribution in [0.15, 0.2) is 24.3 Å². The van der Waals surface area contributed by atoms with E-state index in [0.717, 1.165) is 12.4 Å². The monoisotopic (exact) mass is 179 g/mol. The molecule has 1 heterocycles. The molecule has 1 unspecified atom stereocenters. The van der Waals surface area contributed by atoms with Crippen molar-refractivity contribution in [3.63, 3.8) is 0 Å². The van der Waals surface area contributed by atoms with Crippen LogP contribution >= 0.6 is 11.8 Å². The highest BCUT2D eigenvalue weighted by molar-refractivity contribution is 7.99. The molecule has 0 radical (unpaired) electrons. The first kappa shape index (κ1) is 8.14. The van der Waals surface area contributed by atoms with Gasteiger partial charge >= 0.3 is 0 Å². The summed E-state index contributed by atoms with van der Waals surface area (Å²) in [5.74, 6) is 1.10. The Morgan fingerprint density at radius 1 is 1.42 bits per heavy atom. The number of hydrogen-bond donors (Lipinski definition) is 1. The summed E-state index contributed by atoms with van der Waals surface area (Å²) in [6.07, 6.45) is 0. The second kappa shape index (κ2) is 3.50. The molecule has 1 aromatic carbocycles. The average molecular weight is 179 g/mol. The molecule has 1 fully saturated rings. The average Bonchev–Trinajstić information content (AvgIpc) is 2.57. The zero-order valence-electron chi connectivity index (χ0n) is 7.21. The van der Waals surface area contributed by atoms with Crippen LogP contribution < -0.4 is 5.32 Å². The third-order valence-electron chi connectivity index (χ3n) is 2.25. The summed E-state index contributed by atoms with van der Waals surface area (Å²) in [6.45, 7) is 3.31. The molecule has 1 aromatic rings. The lowest BCUT2D eigenvalue weighted by molar-refractivity contribution is 0.804. The lowest BCUT2D eigenvalue weighted by Gasteiger charge is -2.10. The molecule has 0 bridgehead atoms. The van der Waals surface area contributed by atoms with E-state index in [1.54, 1.807) is 0 Å². The van der Waals surface area contributed by atoms with Gasteiger partial charge in [-0.1, -0.05) is 24.3 Å². The lowest BCUT2D eigenvalue weighted by atomic mass is 10.1. The number of thioether (sulfide) groups is 1. The second-order valence-electron chi connectivity index (χ2n) is 3.11. The largest absolute Gasteiger partial charge is 0.306 e. The molecule has 1 saturated heterocycles. The predicted molar refractivity (Wildman–Crippen MR) is 54.4 cm³/mol. The van der Waals surface area contributed by atoms with Crippen molar-refractivity contribution >= 4 is 11.8 Å². The van der Waals surface area contributed by atoms with E-state index in [9.17, 15) is 0 Å². The Bertz CT molecular complexity index is 266. The number of rotatable bonds is 1. The van der Waals surface area contributed by atoms with Gasteiger partial charge in [0.15, 0.2) is 0 Å². The Hall–Kier alpha value is -0.470. The number of aryl methyl sites for hydroxylation is 1. The fourth-order valence-electron chi connectivity index (χ4n) is 1.56. The highest BCUT2D eigenvalue weighted by atomic mass is 32.2. The second-order valence-corrected chi connectivity index (χ2v) is 4.30. The molecule has 64 valence electrons. The van der Waals surface area contributed by atoms with E-state index in [2.05, 4.69) is 36.5 Å². The van der Waals surface area contributed by atoms with E-state index in [1.165, 1.54) is 11.1 Å². The molecule has 0 aromatic heterocycles. The summed E-state index contributed by atoms with van der Waals surface area (Å²) in [7, 11) is 0.